The summed E-state index contributed by atoms with van der Waals surface area (Å²) in [4.78, 5) is 14.8. The normalized spacial score (nSPS) is 28.8. The highest BCUT2D eigenvalue weighted by atomic mass is 16.6. The van der Waals surface area contributed by atoms with Crippen LogP contribution in [0.1, 0.15) is 92.4 Å². The van der Waals surface area contributed by atoms with Crippen molar-refractivity contribution >= 4 is 6.09 Å². The number of rotatable bonds is 6. The smallest absolute Gasteiger partial charge is 0.410 e. The third-order valence-corrected chi connectivity index (χ3v) is 5.73. The second-order valence-corrected chi connectivity index (χ2v) is 9.15. The molecule has 0 aromatic heterocycles. The molecule has 4 unspecified atom stereocenters. The van der Waals surface area contributed by atoms with Gasteiger partial charge in [0.2, 0.25) is 0 Å². The Labute approximate surface area is 155 Å². The number of amides is 1. The van der Waals surface area contributed by atoms with Crippen molar-refractivity contribution < 1.29 is 9.53 Å². The minimum atomic E-state index is -0.416. The molecule has 1 heterocycles. The van der Waals surface area contributed by atoms with E-state index < -0.39 is 5.60 Å². The van der Waals surface area contributed by atoms with E-state index in [4.69, 9.17) is 4.74 Å². The molecule has 0 radical (unpaired) electrons. The van der Waals surface area contributed by atoms with Crippen LogP contribution in [-0.4, -0.2) is 41.3 Å². The van der Waals surface area contributed by atoms with Crippen molar-refractivity contribution in [2.45, 2.75) is 116 Å². The number of nitrogens with zero attached hydrogens (tertiary/aromatic N) is 1. The minimum Gasteiger partial charge on any atom is -0.444 e. The van der Waals surface area contributed by atoms with Crippen molar-refractivity contribution in [3.63, 3.8) is 0 Å². The van der Waals surface area contributed by atoms with E-state index in [9.17, 15) is 4.79 Å². The average Bonchev–Trinajstić information content (AvgIpc) is 2.99. The topological polar surface area (TPSA) is 41.6 Å². The van der Waals surface area contributed by atoms with Gasteiger partial charge in [-0.25, -0.2) is 4.79 Å². The van der Waals surface area contributed by atoms with Gasteiger partial charge in [-0.05, 0) is 72.1 Å². The van der Waals surface area contributed by atoms with Crippen molar-refractivity contribution in [2.24, 2.45) is 5.92 Å². The molecule has 2 rings (SSSR count). The van der Waals surface area contributed by atoms with Gasteiger partial charge in [0.1, 0.15) is 5.60 Å². The second kappa shape index (κ2) is 9.25. The van der Waals surface area contributed by atoms with E-state index in [2.05, 4.69) is 24.1 Å². The molecule has 1 N–H and O–H groups in total. The molecule has 1 aliphatic heterocycles. The monoisotopic (exact) mass is 352 g/mol. The Kier molecular flexibility index (Phi) is 7.60. The quantitative estimate of drug-likeness (QED) is 0.722. The second-order valence-electron chi connectivity index (χ2n) is 9.15. The standard InChI is InChI=1S/C21H40N2O2/c1-6-7-11-16(2)22-18-13-10-12-17(18)19-14-8-9-15-23(19)20(24)25-21(3,4)5/h16-19,22H,6-15H2,1-5H3. The van der Waals surface area contributed by atoms with Crippen LogP contribution in [0.3, 0.4) is 0 Å². The van der Waals surface area contributed by atoms with Crippen LogP contribution in [0.15, 0.2) is 0 Å². The highest BCUT2D eigenvalue weighted by Crippen LogP contribution is 2.36. The third kappa shape index (κ3) is 6.16. The maximum absolute atomic E-state index is 12.7. The van der Waals surface area contributed by atoms with Gasteiger partial charge in [0.25, 0.3) is 0 Å². The number of unbranched alkanes of at least 4 members (excludes halogenated alkanes) is 1. The van der Waals surface area contributed by atoms with E-state index in [1.54, 1.807) is 0 Å². The van der Waals surface area contributed by atoms with Crippen LogP contribution in [-0.2, 0) is 4.74 Å². The van der Waals surface area contributed by atoms with Crippen molar-refractivity contribution in [1.82, 2.24) is 10.2 Å². The summed E-state index contributed by atoms with van der Waals surface area (Å²) < 4.78 is 5.70. The lowest BCUT2D eigenvalue weighted by Crippen LogP contribution is -2.53. The van der Waals surface area contributed by atoms with E-state index in [0.717, 1.165) is 19.4 Å². The van der Waals surface area contributed by atoms with Crippen LogP contribution in [0.4, 0.5) is 4.79 Å². The number of hydrogen-bond donors (Lipinski definition) is 1. The first-order valence-electron chi connectivity index (χ1n) is 10.6. The van der Waals surface area contributed by atoms with E-state index in [1.807, 2.05) is 20.8 Å². The highest BCUT2D eigenvalue weighted by molar-refractivity contribution is 5.68. The summed E-state index contributed by atoms with van der Waals surface area (Å²) in [5.41, 5.74) is -0.416. The summed E-state index contributed by atoms with van der Waals surface area (Å²) in [6.07, 6.45) is 10.9. The number of carbonyl (C=O) groups excluding carboxylic acids is 1. The first-order valence-corrected chi connectivity index (χ1v) is 10.6. The first-order chi connectivity index (χ1) is 11.8. The zero-order valence-electron chi connectivity index (χ0n) is 17.1. The summed E-state index contributed by atoms with van der Waals surface area (Å²) in [7, 11) is 0. The number of hydrogen-bond acceptors (Lipinski definition) is 3. The van der Waals surface area contributed by atoms with Crippen LogP contribution in [0, 0.1) is 5.92 Å². The molecule has 1 amide bonds. The highest BCUT2D eigenvalue weighted by Gasteiger charge is 2.40. The minimum absolute atomic E-state index is 0.109. The fourth-order valence-electron chi connectivity index (χ4n) is 4.57. The van der Waals surface area contributed by atoms with Gasteiger partial charge in [-0.2, -0.15) is 0 Å². The van der Waals surface area contributed by atoms with E-state index in [1.165, 1.54) is 44.9 Å². The molecule has 25 heavy (non-hydrogen) atoms. The van der Waals surface area contributed by atoms with Crippen molar-refractivity contribution in [2.75, 3.05) is 6.54 Å². The molecule has 0 bridgehead atoms. The molecular formula is C21H40N2O2. The maximum Gasteiger partial charge on any atom is 0.410 e. The zero-order chi connectivity index (χ0) is 18.4. The zero-order valence-corrected chi connectivity index (χ0v) is 17.1. The lowest BCUT2D eigenvalue weighted by atomic mass is 9.86. The predicted molar refractivity (Wildman–Crippen MR) is 104 cm³/mol. The lowest BCUT2D eigenvalue weighted by molar-refractivity contribution is -0.000343. The van der Waals surface area contributed by atoms with Gasteiger partial charge in [0.05, 0.1) is 0 Å². The van der Waals surface area contributed by atoms with E-state index in [-0.39, 0.29) is 6.09 Å². The Morgan fingerprint density at radius 1 is 1.20 bits per heavy atom. The molecule has 1 aliphatic carbocycles. The van der Waals surface area contributed by atoms with E-state index in [0.29, 0.717) is 24.0 Å². The van der Waals surface area contributed by atoms with Crippen molar-refractivity contribution in [3.8, 4) is 0 Å². The Bertz CT molecular complexity index is 419. The molecule has 4 heteroatoms. The summed E-state index contributed by atoms with van der Waals surface area (Å²) in [6.45, 7) is 11.3. The largest absolute Gasteiger partial charge is 0.444 e. The Morgan fingerprint density at radius 3 is 2.64 bits per heavy atom. The van der Waals surface area contributed by atoms with Crippen LogP contribution in [0.2, 0.25) is 0 Å². The molecule has 2 aliphatic rings. The molecule has 4 nitrogen and oxygen atoms in total. The Morgan fingerprint density at radius 2 is 1.96 bits per heavy atom. The molecule has 0 spiro atoms. The fourth-order valence-corrected chi connectivity index (χ4v) is 4.57. The van der Waals surface area contributed by atoms with E-state index >= 15 is 0 Å². The molecule has 0 aromatic carbocycles. The first kappa shape index (κ1) is 20.5. The Balaban J connectivity index is 2.00. The predicted octanol–water partition coefficient (Wildman–Crippen LogP) is 5.11. The van der Waals surface area contributed by atoms with Gasteiger partial charge in [0.15, 0.2) is 0 Å². The summed E-state index contributed by atoms with van der Waals surface area (Å²) in [5.74, 6) is 0.580. The third-order valence-electron chi connectivity index (χ3n) is 5.73. The molecule has 2 fully saturated rings. The number of likely N-dealkylation sites (tertiary alicyclic amines) is 1. The van der Waals surface area contributed by atoms with Crippen molar-refractivity contribution in [1.29, 1.82) is 0 Å². The number of ether oxygens (including phenoxy) is 1. The molecule has 1 saturated heterocycles. The van der Waals surface area contributed by atoms with Crippen LogP contribution >= 0.6 is 0 Å². The number of nitrogens with one attached hydrogen (secondary N) is 1. The molecule has 4 atom stereocenters. The van der Waals surface area contributed by atoms with Gasteiger partial charge in [-0.1, -0.05) is 26.2 Å². The van der Waals surface area contributed by atoms with Gasteiger partial charge in [-0.3, -0.25) is 0 Å². The van der Waals surface area contributed by atoms with Crippen molar-refractivity contribution in [3.05, 3.63) is 0 Å². The average molecular weight is 353 g/mol. The Hall–Kier alpha value is -0.770. The van der Waals surface area contributed by atoms with Crippen LogP contribution < -0.4 is 5.32 Å². The van der Waals surface area contributed by atoms with Gasteiger partial charge < -0.3 is 15.0 Å². The summed E-state index contributed by atoms with van der Waals surface area (Å²) in [5, 5.41) is 3.89. The SMILES string of the molecule is CCCCC(C)NC1CCCC1C1CCCCN1C(=O)OC(C)(C)C. The fraction of sp³-hybridized carbons (Fsp3) is 0.952. The van der Waals surface area contributed by atoms with Gasteiger partial charge in [0, 0.05) is 24.7 Å². The summed E-state index contributed by atoms with van der Waals surface area (Å²) in [6, 6.07) is 1.48. The van der Waals surface area contributed by atoms with Gasteiger partial charge >= 0.3 is 6.09 Å². The number of piperidine rings is 1. The van der Waals surface area contributed by atoms with Gasteiger partial charge in [-0.15, -0.1) is 0 Å². The summed E-state index contributed by atoms with van der Waals surface area (Å²) >= 11 is 0. The molecule has 1 saturated carbocycles. The van der Waals surface area contributed by atoms with Crippen LogP contribution in [0.5, 0.6) is 0 Å². The maximum atomic E-state index is 12.7. The number of carbonyl (C=O) groups is 1. The molecular weight excluding hydrogens is 312 g/mol. The lowest BCUT2D eigenvalue weighted by Gasteiger charge is -2.42. The molecule has 146 valence electrons. The molecule has 0 aromatic rings. The van der Waals surface area contributed by atoms with Crippen LogP contribution in [0.25, 0.3) is 0 Å².